The molecule has 1 saturated carbocycles. The Labute approximate surface area is 188 Å². The summed E-state index contributed by atoms with van der Waals surface area (Å²) < 4.78 is 0. The van der Waals surface area contributed by atoms with Gasteiger partial charge in [0.15, 0.2) is 0 Å². The van der Waals surface area contributed by atoms with Crippen LogP contribution in [0.25, 0.3) is 0 Å². The van der Waals surface area contributed by atoms with Gasteiger partial charge < -0.3 is 16.4 Å². The lowest BCUT2D eigenvalue weighted by Crippen LogP contribution is -2.38. The molecule has 7 heteroatoms. The molecule has 32 heavy (non-hydrogen) atoms. The average molecular weight is 435 g/mol. The molecule has 2 aliphatic rings. The minimum absolute atomic E-state index is 0.0163. The molecular weight excluding hydrogens is 404 g/mol. The smallest absolute Gasteiger partial charge is 0.255 e. The molecule has 1 heterocycles. The van der Waals surface area contributed by atoms with Crippen molar-refractivity contribution in [3.05, 3.63) is 59.7 Å². The third-order valence-electron chi connectivity index (χ3n) is 6.42. The van der Waals surface area contributed by atoms with E-state index in [0.717, 1.165) is 50.1 Å². The van der Waals surface area contributed by atoms with Gasteiger partial charge in [-0.2, -0.15) is 0 Å². The number of nitrogens with two attached hydrogens (primary N) is 1. The quantitative estimate of drug-likeness (QED) is 0.622. The van der Waals surface area contributed by atoms with Crippen LogP contribution in [0, 0.1) is 17.8 Å². The summed E-state index contributed by atoms with van der Waals surface area (Å²) in [6.45, 7) is 4.49. The Morgan fingerprint density at radius 2 is 1.66 bits per heavy atom. The predicted octanol–water partition coefficient (Wildman–Crippen LogP) is 3.23. The first-order chi connectivity index (χ1) is 15.4. The number of nitrogens with one attached hydrogen (secondary N) is 2. The van der Waals surface area contributed by atoms with E-state index < -0.39 is 0 Å². The maximum absolute atomic E-state index is 12.8. The molecule has 0 bridgehead atoms. The van der Waals surface area contributed by atoms with Crippen LogP contribution in [0.2, 0.25) is 0 Å². The van der Waals surface area contributed by atoms with Crippen molar-refractivity contribution < 1.29 is 14.4 Å². The molecule has 168 valence electrons. The molecule has 2 fully saturated rings. The van der Waals surface area contributed by atoms with E-state index in [1.165, 1.54) is 0 Å². The molecule has 2 aromatic rings. The number of benzene rings is 2. The van der Waals surface area contributed by atoms with E-state index in [9.17, 15) is 14.4 Å². The highest BCUT2D eigenvalue weighted by molar-refractivity contribution is 6.05. The molecular formula is C25H30N4O3. The fraction of sp³-hybridized carbons (Fsp3) is 0.400. The Hall–Kier alpha value is -3.19. The summed E-state index contributed by atoms with van der Waals surface area (Å²) >= 11 is 0. The number of rotatable bonds is 7. The minimum Gasteiger partial charge on any atom is -0.369 e. The largest absolute Gasteiger partial charge is 0.369 e. The van der Waals surface area contributed by atoms with Crippen molar-refractivity contribution in [1.82, 2.24) is 4.90 Å². The number of anilines is 2. The second-order valence-electron chi connectivity index (χ2n) is 9.00. The van der Waals surface area contributed by atoms with Crippen LogP contribution in [-0.2, 0) is 16.1 Å². The minimum atomic E-state index is -0.222. The SMILES string of the molecule is CC1CC1C(=O)Nc1cccc(C(=O)Nc2cccc(CN3CCC(C(N)=O)CC3)c2)c1. The molecule has 4 N–H and O–H groups in total. The number of likely N-dealkylation sites (tertiary alicyclic amines) is 1. The van der Waals surface area contributed by atoms with Gasteiger partial charge in [0.25, 0.3) is 5.91 Å². The highest BCUT2D eigenvalue weighted by atomic mass is 16.2. The summed E-state index contributed by atoms with van der Waals surface area (Å²) in [6, 6.07) is 14.8. The van der Waals surface area contributed by atoms with Crippen LogP contribution in [0.1, 0.15) is 42.1 Å². The fourth-order valence-electron chi connectivity index (χ4n) is 4.25. The monoisotopic (exact) mass is 434 g/mol. The molecule has 0 spiro atoms. The first kappa shape index (κ1) is 22.0. The van der Waals surface area contributed by atoms with Crippen molar-refractivity contribution in [3.8, 4) is 0 Å². The van der Waals surface area contributed by atoms with Gasteiger partial charge >= 0.3 is 0 Å². The number of hydrogen-bond acceptors (Lipinski definition) is 4. The molecule has 2 atom stereocenters. The summed E-state index contributed by atoms with van der Waals surface area (Å²) in [5.41, 5.74) is 8.36. The third-order valence-corrected chi connectivity index (χ3v) is 6.42. The second-order valence-corrected chi connectivity index (χ2v) is 9.00. The lowest BCUT2D eigenvalue weighted by Gasteiger charge is -2.30. The number of nitrogens with zero attached hydrogens (tertiary/aromatic N) is 1. The predicted molar refractivity (Wildman–Crippen MR) is 124 cm³/mol. The van der Waals surface area contributed by atoms with Gasteiger partial charge in [-0.25, -0.2) is 0 Å². The lowest BCUT2D eigenvalue weighted by atomic mass is 9.96. The highest BCUT2D eigenvalue weighted by Crippen LogP contribution is 2.38. The summed E-state index contributed by atoms with van der Waals surface area (Å²) in [5, 5.41) is 5.85. The van der Waals surface area contributed by atoms with E-state index in [1.54, 1.807) is 24.3 Å². The van der Waals surface area contributed by atoms with Gasteiger partial charge in [-0.05, 0) is 74.2 Å². The Kier molecular flexibility index (Phi) is 6.55. The van der Waals surface area contributed by atoms with Crippen LogP contribution in [0.15, 0.2) is 48.5 Å². The molecule has 1 saturated heterocycles. The Morgan fingerprint density at radius 1 is 1.00 bits per heavy atom. The first-order valence-electron chi connectivity index (χ1n) is 11.2. The van der Waals surface area contributed by atoms with Crippen molar-refractivity contribution in [2.75, 3.05) is 23.7 Å². The van der Waals surface area contributed by atoms with E-state index in [4.69, 9.17) is 5.73 Å². The van der Waals surface area contributed by atoms with Crippen LogP contribution in [0.5, 0.6) is 0 Å². The maximum atomic E-state index is 12.8. The van der Waals surface area contributed by atoms with E-state index in [-0.39, 0.29) is 29.6 Å². The number of primary amides is 1. The molecule has 2 aromatic carbocycles. The van der Waals surface area contributed by atoms with Gasteiger partial charge in [0.05, 0.1) is 0 Å². The Morgan fingerprint density at radius 3 is 2.31 bits per heavy atom. The van der Waals surface area contributed by atoms with E-state index in [0.29, 0.717) is 17.2 Å². The molecule has 2 unspecified atom stereocenters. The normalized spacial score (nSPS) is 21.0. The number of carbonyl (C=O) groups excluding carboxylic acids is 3. The number of piperidine rings is 1. The molecule has 7 nitrogen and oxygen atoms in total. The molecule has 3 amide bonds. The van der Waals surface area contributed by atoms with Crippen LogP contribution < -0.4 is 16.4 Å². The zero-order chi connectivity index (χ0) is 22.7. The van der Waals surface area contributed by atoms with Crippen molar-refractivity contribution in [2.24, 2.45) is 23.5 Å². The van der Waals surface area contributed by atoms with Crippen molar-refractivity contribution in [1.29, 1.82) is 0 Å². The molecule has 0 aromatic heterocycles. The second kappa shape index (κ2) is 9.53. The number of amides is 3. The number of carbonyl (C=O) groups is 3. The molecule has 0 radical (unpaired) electrons. The fourth-order valence-corrected chi connectivity index (χ4v) is 4.25. The Bertz CT molecular complexity index is 1010. The van der Waals surface area contributed by atoms with Crippen LogP contribution >= 0.6 is 0 Å². The first-order valence-corrected chi connectivity index (χ1v) is 11.2. The topological polar surface area (TPSA) is 105 Å². The molecule has 1 aliphatic carbocycles. The van der Waals surface area contributed by atoms with Gasteiger partial charge in [0, 0.05) is 35.3 Å². The van der Waals surface area contributed by atoms with Crippen molar-refractivity contribution in [3.63, 3.8) is 0 Å². The average Bonchev–Trinajstić information content (AvgIpc) is 3.51. The lowest BCUT2D eigenvalue weighted by molar-refractivity contribution is -0.123. The zero-order valence-corrected chi connectivity index (χ0v) is 18.3. The van der Waals surface area contributed by atoms with E-state index >= 15 is 0 Å². The van der Waals surface area contributed by atoms with Crippen LogP contribution in [0.3, 0.4) is 0 Å². The number of hydrogen-bond donors (Lipinski definition) is 3. The van der Waals surface area contributed by atoms with Crippen LogP contribution in [-0.4, -0.2) is 35.7 Å². The summed E-state index contributed by atoms with van der Waals surface area (Å²) in [7, 11) is 0. The summed E-state index contributed by atoms with van der Waals surface area (Å²) in [5.74, 6) is 0.0770. The van der Waals surface area contributed by atoms with Crippen molar-refractivity contribution >= 4 is 29.1 Å². The van der Waals surface area contributed by atoms with Gasteiger partial charge in [-0.3, -0.25) is 19.3 Å². The summed E-state index contributed by atoms with van der Waals surface area (Å²) in [6.07, 6.45) is 2.50. The van der Waals surface area contributed by atoms with Gasteiger partial charge in [-0.1, -0.05) is 25.1 Å². The third kappa shape index (κ3) is 5.53. The maximum Gasteiger partial charge on any atom is 0.255 e. The van der Waals surface area contributed by atoms with Gasteiger partial charge in [-0.15, -0.1) is 0 Å². The van der Waals surface area contributed by atoms with E-state index in [1.807, 2.05) is 24.3 Å². The van der Waals surface area contributed by atoms with Gasteiger partial charge in [0.2, 0.25) is 11.8 Å². The van der Waals surface area contributed by atoms with Crippen molar-refractivity contribution in [2.45, 2.75) is 32.7 Å². The molecule has 1 aliphatic heterocycles. The van der Waals surface area contributed by atoms with Gasteiger partial charge in [0.1, 0.15) is 0 Å². The summed E-state index contributed by atoms with van der Waals surface area (Å²) in [4.78, 5) is 38.6. The standard InChI is InChI=1S/C25H30N4O3/c1-16-12-22(16)25(32)28-21-7-3-5-19(14-21)24(31)27-20-6-2-4-17(13-20)15-29-10-8-18(9-11-29)23(26)30/h2-7,13-14,16,18,22H,8-12,15H2,1H3,(H2,26,30)(H,27,31)(H,28,32). The zero-order valence-electron chi connectivity index (χ0n) is 18.3. The van der Waals surface area contributed by atoms with E-state index in [2.05, 4.69) is 22.5 Å². The Balaban J connectivity index is 1.34. The van der Waals surface area contributed by atoms with Crippen LogP contribution in [0.4, 0.5) is 11.4 Å². The molecule has 4 rings (SSSR count). The highest BCUT2D eigenvalue weighted by Gasteiger charge is 2.39.